The summed E-state index contributed by atoms with van der Waals surface area (Å²) >= 11 is 0. The predicted octanol–water partition coefficient (Wildman–Crippen LogP) is 2.01. The highest BCUT2D eigenvalue weighted by atomic mass is 16.5. The van der Waals surface area contributed by atoms with Crippen molar-refractivity contribution in [3.05, 3.63) is 11.7 Å². The van der Waals surface area contributed by atoms with Crippen LogP contribution in [0, 0.1) is 0 Å². The molecule has 1 amide bonds. The summed E-state index contributed by atoms with van der Waals surface area (Å²) in [5.41, 5.74) is 0. The maximum Gasteiger partial charge on any atom is 0.252 e. The van der Waals surface area contributed by atoms with Crippen LogP contribution in [-0.4, -0.2) is 64.7 Å². The molecule has 1 saturated heterocycles. The van der Waals surface area contributed by atoms with Crippen molar-refractivity contribution in [2.24, 2.45) is 0 Å². The smallest absolute Gasteiger partial charge is 0.252 e. The third-order valence-corrected chi connectivity index (χ3v) is 5.47. The van der Waals surface area contributed by atoms with E-state index in [1.54, 1.807) is 14.0 Å². The van der Waals surface area contributed by atoms with Crippen molar-refractivity contribution in [1.29, 1.82) is 0 Å². The fraction of sp³-hybridized carbons (Fsp3) is 0.833. The second-order valence-electron chi connectivity index (χ2n) is 7.23. The molecule has 1 aromatic rings. The van der Waals surface area contributed by atoms with Gasteiger partial charge in [-0.25, -0.2) is 0 Å². The first-order chi connectivity index (χ1) is 12.2. The Morgan fingerprint density at radius 2 is 2.12 bits per heavy atom. The van der Waals surface area contributed by atoms with Crippen LogP contribution in [0.5, 0.6) is 0 Å². The second kappa shape index (κ2) is 8.76. The third kappa shape index (κ3) is 4.79. The molecule has 1 unspecified atom stereocenters. The average molecular weight is 350 g/mol. The summed E-state index contributed by atoms with van der Waals surface area (Å²) in [5, 5.41) is 3.97. The quantitative estimate of drug-likeness (QED) is 0.749. The van der Waals surface area contributed by atoms with Crippen molar-refractivity contribution in [3.63, 3.8) is 0 Å². The molecular weight excluding hydrogens is 320 g/mol. The van der Waals surface area contributed by atoms with Gasteiger partial charge < -0.3 is 14.2 Å². The zero-order chi connectivity index (χ0) is 17.6. The summed E-state index contributed by atoms with van der Waals surface area (Å²) in [6.45, 7) is 4.82. The van der Waals surface area contributed by atoms with Crippen molar-refractivity contribution in [2.75, 3.05) is 26.7 Å². The molecule has 0 spiro atoms. The Morgan fingerprint density at radius 1 is 1.32 bits per heavy atom. The van der Waals surface area contributed by atoms with Crippen LogP contribution in [0.4, 0.5) is 0 Å². The lowest BCUT2D eigenvalue weighted by molar-refractivity contribution is -0.132. The highest BCUT2D eigenvalue weighted by Gasteiger charge is 2.31. The SMILES string of the molecule is COCc1nc(CCN(C(C)=O)C2CCCN(C3CCCC3)C2)no1. The maximum atomic E-state index is 12.2. The van der Waals surface area contributed by atoms with Crippen LogP contribution in [0.1, 0.15) is 57.2 Å². The number of methoxy groups -OCH3 is 1. The van der Waals surface area contributed by atoms with Gasteiger partial charge in [-0.3, -0.25) is 9.69 Å². The van der Waals surface area contributed by atoms with Crippen LogP contribution in [0.3, 0.4) is 0 Å². The fourth-order valence-corrected chi connectivity index (χ4v) is 4.23. The highest BCUT2D eigenvalue weighted by Crippen LogP contribution is 2.27. The van der Waals surface area contributed by atoms with Gasteiger partial charge in [-0.15, -0.1) is 0 Å². The van der Waals surface area contributed by atoms with E-state index < -0.39 is 0 Å². The molecule has 0 N–H and O–H groups in total. The van der Waals surface area contributed by atoms with Crippen LogP contribution < -0.4 is 0 Å². The second-order valence-corrected chi connectivity index (χ2v) is 7.23. The molecule has 2 heterocycles. The van der Waals surface area contributed by atoms with Crippen molar-refractivity contribution in [2.45, 2.75) is 70.6 Å². The molecule has 140 valence electrons. The van der Waals surface area contributed by atoms with E-state index in [4.69, 9.17) is 9.26 Å². The van der Waals surface area contributed by atoms with Crippen LogP contribution in [0.15, 0.2) is 4.52 Å². The lowest BCUT2D eigenvalue weighted by Gasteiger charge is -2.41. The van der Waals surface area contributed by atoms with Gasteiger partial charge in [0.25, 0.3) is 5.89 Å². The third-order valence-electron chi connectivity index (χ3n) is 5.47. The first-order valence-electron chi connectivity index (χ1n) is 9.49. The van der Waals surface area contributed by atoms with Gasteiger partial charge in [0.05, 0.1) is 0 Å². The lowest BCUT2D eigenvalue weighted by atomic mass is 10.0. The Bertz CT molecular complexity index is 556. The summed E-state index contributed by atoms with van der Waals surface area (Å²) in [7, 11) is 1.60. The first-order valence-corrected chi connectivity index (χ1v) is 9.49. The van der Waals surface area contributed by atoms with Crippen molar-refractivity contribution in [1.82, 2.24) is 19.9 Å². The van der Waals surface area contributed by atoms with Crippen molar-refractivity contribution < 1.29 is 14.1 Å². The normalized spacial score (nSPS) is 22.4. The van der Waals surface area contributed by atoms with E-state index in [1.165, 1.54) is 38.6 Å². The molecule has 1 aliphatic heterocycles. The summed E-state index contributed by atoms with van der Waals surface area (Å²) in [6, 6.07) is 1.03. The molecule has 0 bridgehead atoms. The highest BCUT2D eigenvalue weighted by molar-refractivity contribution is 5.73. The minimum atomic E-state index is 0.138. The van der Waals surface area contributed by atoms with Gasteiger partial charge in [-0.1, -0.05) is 18.0 Å². The predicted molar refractivity (Wildman–Crippen MR) is 93.0 cm³/mol. The van der Waals surface area contributed by atoms with Crippen LogP contribution in [0.25, 0.3) is 0 Å². The Kier molecular flexibility index (Phi) is 6.42. The molecule has 7 nitrogen and oxygen atoms in total. The van der Waals surface area contributed by atoms with E-state index >= 15 is 0 Å². The topological polar surface area (TPSA) is 71.7 Å². The van der Waals surface area contributed by atoms with E-state index in [-0.39, 0.29) is 5.91 Å². The number of likely N-dealkylation sites (tertiary alicyclic amines) is 1. The number of hydrogen-bond donors (Lipinski definition) is 0. The molecule has 1 aromatic heterocycles. The van der Waals surface area contributed by atoms with Gasteiger partial charge in [-0.2, -0.15) is 4.98 Å². The molecule has 2 fully saturated rings. The zero-order valence-corrected chi connectivity index (χ0v) is 15.4. The van der Waals surface area contributed by atoms with E-state index in [2.05, 4.69) is 15.0 Å². The summed E-state index contributed by atoms with van der Waals surface area (Å²) in [4.78, 5) is 21.1. The van der Waals surface area contributed by atoms with E-state index in [1.807, 2.05) is 4.90 Å². The number of nitrogens with zero attached hydrogens (tertiary/aromatic N) is 4. The minimum Gasteiger partial charge on any atom is -0.375 e. The first kappa shape index (κ1) is 18.3. The number of rotatable bonds is 7. The monoisotopic (exact) mass is 350 g/mol. The van der Waals surface area contributed by atoms with Gasteiger partial charge >= 0.3 is 0 Å². The fourth-order valence-electron chi connectivity index (χ4n) is 4.23. The van der Waals surface area contributed by atoms with Crippen molar-refractivity contribution in [3.8, 4) is 0 Å². The van der Waals surface area contributed by atoms with Crippen molar-refractivity contribution >= 4 is 5.91 Å². The molecule has 3 rings (SSSR count). The Balaban J connectivity index is 1.56. The van der Waals surface area contributed by atoms with Gasteiger partial charge in [-0.05, 0) is 32.2 Å². The molecule has 7 heteroatoms. The molecule has 0 aromatic carbocycles. The molecule has 25 heavy (non-hydrogen) atoms. The van der Waals surface area contributed by atoms with Gasteiger partial charge in [0.15, 0.2) is 5.82 Å². The number of carbonyl (C=O) groups excluding carboxylic acids is 1. The summed E-state index contributed by atoms with van der Waals surface area (Å²) < 4.78 is 10.1. The van der Waals surface area contributed by atoms with E-state index in [0.717, 1.165) is 19.0 Å². The summed E-state index contributed by atoms with van der Waals surface area (Å²) in [5.74, 6) is 1.26. The largest absolute Gasteiger partial charge is 0.375 e. The number of carbonyl (C=O) groups is 1. The molecular formula is C18H30N4O3. The zero-order valence-electron chi connectivity index (χ0n) is 15.4. The Labute approximate surface area is 149 Å². The standard InChI is InChI=1S/C18H30N4O3/c1-14(23)22(11-9-17-19-18(13-24-2)25-20-17)16-8-5-10-21(12-16)15-6-3-4-7-15/h15-16H,3-13H2,1-2H3. The van der Waals surface area contributed by atoms with Gasteiger partial charge in [0.1, 0.15) is 6.61 Å². The number of hydrogen-bond acceptors (Lipinski definition) is 6. The number of aromatic nitrogens is 2. The van der Waals surface area contributed by atoms with Crippen LogP contribution >= 0.6 is 0 Å². The number of ether oxygens (including phenoxy) is 1. The summed E-state index contributed by atoms with van der Waals surface area (Å²) in [6.07, 6.45) is 8.21. The minimum absolute atomic E-state index is 0.138. The van der Waals surface area contributed by atoms with Crippen LogP contribution in [-0.2, 0) is 22.6 Å². The molecule has 0 radical (unpaired) electrons. The lowest BCUT2D eigenvalue weighted by Crippen LogP contribution is -2.52. The van der Waals surface area contributed by atoms with E-state index in [9.17, 15) is 4.79 Å². The maximum absolute atomic E-state index is 12.2. The molecule has 1 saturated carbocycles. The molecule has 1 atom stereocenters. The van der Waals surface area contributed by atoms with E-state index in [0.29, 0.717) is 37.3 Å². The van der Waals surface area contributed by atoms with Crippen LogP contribution in [0.2, 0.25) is 0 Å². The number of amides is 1. The number of piperidine rings is 1. The Hall–Kier alpha value is -1.47. The van der Waals surface area contributed by atoms with Gasteiger partial charge in [0, 0.05) is 45.6 Å². The average Bonchev–Trinajstić information content (AvgIpc) is 3.27. The molecule has 1 aliphatic carbocycles. The van der Waals surface area contributed by atoms with Gasteiger partial charge in [0.2, 0.25) is 5.91 Å². The Morgan fingerprint density at radius 3 is 2.84 bits per heavy atom. The molecule has 2 aliphatic rings.